The van der Waals surface area contributed by atoms with Crippen molar-refractivity contribution in [3.8, 4) is 0 Å². The summed E-state index contributed by atoms with van der Waals surface area (Å²) in [6, 6.07) is -3.22. The van der Waals surface area contributed by atoms with Gasteiger partial charge < -0.3 is 109 Å². The Kier molecular flexibility index (Phi) is 20.2. The van der Waals surface area contributed by atoms with Gasteiger partial charge in [-0.25, -0.2) is 13.2 Å². The smallest absolute Gasteiger partial charge is 0.726 e. The van der Waals surface area contributed by atoms with Crippen molar-refractivity contribution in [2.45, 2.75) is 155 Å². The first-order valence-corrected chi connectivity index (χ1v) is 19.9. The molecule has 354 valence electrons. The number of amides is 2. The van der Waals surface area contributed by atoms with Gasteiger partial charge in [-0.1, -0.05) is 0 Å². The molecule has 2 unspecified atom stereocenters. The molecule has 4 aliphatic rings. The van der Waals surface area contributed by atoms with Gasteiger partial charge in [0.2, 0.25) is 22.2 Å². The number of nitrogens with one attached hydrogen (secondary N) is 2. The summed E-state index contributed by atoms with van der Waals surface area (Å²) in [5, 5.41) is 121. The number of rotatable bonds is 17. The van der Waals surface area contributed by atoms with E-state index in [1.165, 1.54) is 6.92 Å². The Bertz CT molecular complexity index is 1600. The van der Waals surface area contributed by atoms with Crippen molar-refractivity contribution in [3.63, 3.8) is 0 Å². The van der Waals surface area contributed by atoms with E-state index in [0.29, 0.717) is 0 Å². The monoisotopic (exact) mass is 936 g/mol. The van der Waals surface area contributed by atoms with Gasteiger partial charge in [0.1, 0.15) is 85.4 Å². The maximum Gasteiger partial charge on any atom is 1.00 e. The quantitative estimate of drug-likeness (QED) is 0.0366. The molecule has 4 fully saturated rings. The topological polar surface area (TPSA) is 438 Å². The second-order valence-electron chi connectivity index (χ2n) is 14.7. The standard InChI is InChI=1S/C32H54N2O26S.Na/c1-9-18(41)21(44)22(45)29(54-9)58-26-17(34-11(3)38)28(52-4)56-15(8-53-61(49,50)51)24(26)57-30-23(46)27(20(43)14(7-36)55-30)60-32(31(47)48)5-12(39)16(33-10(2)37)25(59-32)19(42)13(40)6-35;/h9,12-30,35-36,39-46H,5-8H2,1-4H3,(H,33,37)(H,34,38)(H,47,48)(H,49,50,51);/q;+1/p-1/t9-,12-,13-,14+,15+,16?,17+,18+,19+,20-,21+,22-,23+,24+,25+,26+,27-,28?,29-,30-,32-;/m0./s1. The molecule has 62 heavy (non-hydrogen) atoms. The van der Waals surface area contributed by atoms with Gasteiger partial charge in [-0.2, -0.15) is 0 Å². The number of hydrogen-bond donors (Lipinski definition) is 13. The van der Waals surface area contributed by atoms with E-state index >= 15 is 0 Å². The zero-order valence-corrected chi connectivity index (χ0v) is 36.6. The third kappa shape index (κ3) is 12.7. The summed E-state index contributed by atoms with van der Waals surface area (Å²) >= 11 is 0. The summed E-state index contributed by atoms with van der Waals surface area (Å²) < 4.78 is 84.8. The fourth-order valence-electron chi connectivity index (χ4n) is 7.31. The molecule has 28 nitrogen and oxygen atoms in total. The minimum atomic E-state index is -5.50. The molecule has 0 aromatic carbocycles. The van der Waals surface area contributed by atoms with Gasteiger partial charge in [0.15, 0.2) is 18.9 Å². The number of aliphatic hydroxyl groups is 10. The Hall–Kier alpha value is -1.44. The first-order chi connectivity index (χ1) is 28.4. The van der Waals surface area contributed by atoms with E-state index in [-0.39, 0.29) is 29.6 Å². The van der Waals surface area contributed by atoms with Crippen LogP contribution >= 0.6 is 0 Å². The fourth-order valence-corrected chi connectivity index (χ4v) is 7.61. The molecular formula is C32H53N2NaO26S. The minimum absolute atomic E-state index is 0. The van der Waals surface area contributed by atoms with Crippen LogP contribution in [0.2, 0.25) is 0 Å². The summed E-state index contributed by atoms with van der Waals surface area (Å²) in [4.78, 5) is 37.4. The van der Waals surface area contributed by atoms with Crippen LogP contribution in [0.25, 0.3) is 0 Å². The number of hydrogen-bond acceptors (Lipinski definition) is 25. The zero-order chi connectivity index (χ0) is 45.9. The van der Waals surface area contributed by atoms with Crippen LogP contribution in [0, 0.1) is 0 Å². The van der Waals surface area contributed by atoms with Crippen LogP contribution in [-0.2, 0) is 66.9 Å². The van der Waals surface area contributed by atoms with Gasteiger partial charge in [-0.3, -0.25) is 13.8 Å². The maximum atomic E-state index is 12.9. The van der Waals surface area contributed by atoms with Gasteiger partial charge >= 0.3 is 35.5 Å². The number of aliphatic carboxylic acids is 1. The molecule has 0 spiro atoms. The molecule has 4 rings (SSSR count). The third-order valence-corrected chi connectivity index (χ3v) is 10.8. The predicted octanol–water partition coefficient (Wildman–Crippen LogP) is -12.1. The Balaban J connectivity index is 0.0000102. The molecule has 0 aromatic heterocycles. The zero-order valence-electron chi connectivity index (χ0n) is 33.8. The minimum Gasteiger partial charge on any atom is -0.726 e. The van der Waals surface area contributed by atoms with Crippen LogP contribution in [0.3, 0.4) is 0 Å². The first kappa shape index (κ1) is 54.9. The molecule has 21 atom stereocenters. The Morgan fingerprint density at radius 2 is 1.37 bits per heavy atom. The number of carboxylic acid groups (broad SMARTS) is 1. The molecule has 0 bridgehead atoms. The summed E-state index contributed by atoms with van der Waals surface area (Å²) in [5.74, 6) is -6.87. The molecule has 30 heteroatoms. The van der Waals surface area contributed by atoms with Crippen molar-refractivity contribution in [1.29, 1.82) is 0 Å². The van der Waals surface area contributed by atoms with Crippen molar-refractivity contribution in [2.75, 3.05) is 26.9 Å². The van der Waals surface area contributed by atoms with Gasteiger partial charge in [0.25, 0.3) is 5.79 Å². The largest absolute Gasteiger partial charge is 1.00 e. The van der Waals surface area contributed by atoms with Crippen LogP contribution in [0.15, 0.2) is 0 Å². The molecule has 0 radical (unpaired) electrons. The van der Waals surface area contributed by atoms with Crippen LogP contribution < -0.4 is 40.2 Å². The van der Waals surface area contributed by atoms with Gasteiger partial charge in [-0.05, 0) is 6.92 Å². The number of aliphatic hydroxyl groups excluding tert-OH is 10. The van der Waals surface area contributed by atoms with E-state index < -0.39 is 183 Å². The van der Waals surface area contributed by atoms with E-state index in [4.69, 9.17) is 37.9 Å². The van der Waals surface area contributed by atoms with E-state index in [0.717, 1.165) is 21.0 Å². The van der Waals surface area contributed by atoms with E-state index in [2.05, 4.69) is 14.8 Å². The summed E-state index contributed by atoms with van der Waals surface area (Å²) in [7, 11) is -4.44. The van der Waals surface area contributed by atoms with Gasteiger partial charge in [0.05, 0.1) is 38.1 Å². The van der Waals surface area contributed by atoms with Gasteiger partial charge in [0, 0.05) is 27.4 Å². The molecule has 0 aromatic rings. The van der Waals surface area contributed by atoms with Crippen molar-refractivity contribution >= 4 is 28.2 Å². The van der Waals surface area contributed by atoms with Crippen LogP contribution in [0.5, 0.6) is 0 Å². The number of carboxylic acids is 1. The fraction of sp³-hybridized carbons (Fsp3) is 0.906. The Morgan fingerprint density at radius 3 is 1.90 bits per heavy atom. The molecular weight excluding hydrogens is 883 g/mol. The Morgan fingerprint density at radius 1 is 0.806 bits per heavy atom. The van der Waals surface area contributed by atoms with Crippen molar-refractivity contribution in [1.82, 2.24) is 10.6 Å². The number of carbonyl (C=O) groups is 3. The molecule has 13 N–H and O–H groups in total. The molecule has 2 amide bonds. The van der Waals surface area contributed by atoms with Crippen molar-refractivity contribution < 1.29 is 155 Å². The molecule has 4 heterocycles. The molecule has 4 saturated heterocycles. The summed E-state index contributed by atoms with van der Waals surface area (Å²) in [6.07, 6.45) is -36.6. The Labute approximate surface area is 375 Å². The van der Waals surface area contributed by atoms with E-state index in [1.54, 1.807) is 0 Å². The average molecular weight is 937 g/mol. The molecule has 0 aliphatic carbocycles. The molecule has 4 aliphatic heterocycles. The van der Waals surface area contributed by atoms with Crippen molar-refractivity contribution in [3.05, 3.63) is 0 Å². The van der Waals surface area contributed by atoms with Crippen LogP contribution in [0.1, 0.15) is 27.2 Å². The second-order valence-corrected chi connectivity index (χ2v) is 15.8. The first-order valence-electron chi connectivity index (χ1n) is 18.6. The van der Waals surface area contributed by atoms with Crippen LogP contribution in [0.4, 0.5) is 0 Å². The SMILES string of the molecule is COC1O[C@H](COS(=O)(=O)[O-])[C@@H](O[C@@H]2O[C@H](CO)[C@H](O)[C@H](O[C@]3(C(=O)O)C[C@H](O)C(NC(C)=O)[C@H]([C@H](O)[C@@H](O)CO)O3)[C@H]2O)[C@H](O[C@@H]2O[C@@H](C)[C@@H](O)[C@@H](O)[C@@H]2O)[C@H]1NC(C)=O.[Na+]. The third-order valence-electron chi connectivity index (χ3n) is 10.4. The maximum absolute atomic E-state index is 12.9. The number of methoxy groups -OCH3 is 1. The average Bonchev–Trinajstić information content (AvgIpc) is 3.18. The van der Waals surface area contributed by atoms with E-state index in [1.807, 2.05) is 0 Å². The predicted molar refractivity (Wildman–Crippen MR) is 186 cm³/mol. The second kappa shape index (κ2) is 22.8. The van der Waals surface area contributed by atoms with Gasteiger partial charge in [-0.15, -0.1) is 0 Å². The summed E-state index contributed by atoms with van der Waals surface area (Å²) in [5.41, 5.74) is 0. The number of ether oxygens (including phenoxy) is 8. The molecule has 0 saturated carbocycles. The van der Waals surface area contributed by atoms with Crippen molar-refractivity contribution in [2.24, 2.45) is 0 Å². The number of carbonyl (C=O) groups excluding carboxylic acids is 2. The normalized spacial score (nSPS) is 42.5. The van der Waals surface area contributed by atoms with Crippen LogP contribution in [-0.4, -0.2) is 242 Å². The van der Waals surface area contributed by atoms with E-state index in [9.17, 15) is 83.5 Å². The summed E-state index contributed by atoms with van der Waals surface area (Å²) in [6.45, 7) is -0.164.